The molecular weight excluding hydrogens is 549 g/mol. The van der Waals surface area contributed by atoms with Crippen LogP contribution in [0, 0.1) is 11.8 Å². The summed E-state index contributed by atoms with van der Waals surface area (Å²) in [7, 11) is 0. The molecule has 0 heterocycles. The van der Waals surface area contributed by atoms with Gasteiger partial charge in [0.25, 0.3) is 0 Å². The molecule has 0 aliphatic rings. The average molecular weight is 612 g/mol. The topological polar surface area (TPSA) is 90.5 Å². The maximum atomic E-state index is 7.75. The van der Waals surface area contributed by atoms with Gasteiger partial charge in [-0.2, -0.15) is 0 Å². The van der Waals surface area contributed by atoms with E-state index < -0.39 is 0 Å². The van der Waals surface area contributed by atoms with Crippen molar-refractivity contribution in [1.29, 1.82) is 0 Å². The third-order valence-corrected chi connectivity index (χ3v) is 6.04. The van der Waals surface area contributed by atoms with E-state index in [1.165, 1.54) is 0 Å². The van der Waals surface area contributed by atoms with Crippen molar-refractivity contribution in [2.24, 2.45) is 11.8 Å². The van der Waals surface area contributed by atoms with Crippen molar-refractivity contribution >= 4 is 13.6 Å². The number of hydrogen-bond donors (Lipinski definition) is 0. The van der Waals surface area contributed by atoms with Gasteiger partial charge in [0, 0.05) is 0 Å². The van der Waals surface area contributed by atoms with E-state index in [9.17, 15) is 0 Å². The van der Waals surface area contributed by atoms with Crippen LogP contribution in [0.15, 0.2) is 0 Å². The molecular formula is C30H62N4O2Ru. The summed E-state index contributed by atoms with van der Waals surface area (Å²) >= 11 is 0. The summed E-state index contributed by atoms with van der Waals surface area (Å²) in [6.07, 6.45) is 4.68. The predicted molar refractivity (Wildman–Crippen MR) is 162 cm³/mol. The Kier molecular flexibility index (Phi) is 28.5. The number of rotatable bonds is 12. The van der Waals surface area contributed by atoms with Gasteiger partial charge in [-0.3, -0.25) is 13.6 Å². The molecule has 4 unspecified atom stereocenters. The van der Waals surface area contributed by atoms with Gasteiger partial charge < -0.3 is 30.9 Å². The molecule has 0 bridgehead atoms. The minimum absolute atomic E-state index is 0. The van der Waals surface area contributed by atoms with Crippen molar-refractivity contribution in [3.8, 4) is 0 Å². The first-order valence-electron chi connectivity index (χ1n) is 13.6. The summed E-state index contributed by atoms with van der Waals surface area (Å²) < 4.78 is 0. The normalized spacial score (nSPS) is 15.1. The van der Waals surface area contributed by atoms with Crippen molar-refractivity contribution < 1.29 is 29.1 Å². The first kappa shape index (κ1) is 46.6. The fourth-order valence-electron chi connectivity index (χ4n) is 2.68. The van der Waals surface area contributed by atoms with Gasteiger partial charge in [0.1, 0.15) is 0 Å². The summed E-state index contributed by atoms with van der Waals surface area (Å²) in [5.74, 6) is 1.06. The van der Waals surface area contributed by atoms with Crippen LogP contribution in [0.2, 0.25) is 0 Å². The van der Waals surface area contributed by atoms with E-state index in [2.05, 4.69) is 124 Å². The molecule has 0 aromatic carbocycles. The van der Waals surface area contributed by atoms with E-state index >= 15 is 0 Å². The molecule has 0 aliphatic heterocycles. The van der Waals surface area contributed by atoms with Crippen LogP contribution in [-0.2, 0) is 29.1 Å². The van der Waals surface area contributed by atoms with Gasteiger partial charge in [-0.25, -0.2) is 12.3 Å². The van der Waals surface area contributed by atoms with Crippen LogP contribution in [-0.4, -0.2) is 48.1 Å². The zero-order valence-corrected chi connectivity index (χ0v) is 29.0. The predicted octanol–water partition coefficient (Wildman–Crippen LogP) is 9.64. The van der Waals surface area contributed by atoms with Crippen LogP contribution < -0.4 is 0 Å². The quantitative estimate of drug-likeness (QED) is 0.125. The zero-order chi connectivity index (χ0) is 30.0. The first-order valence-corrected chi connectivity index (χ1v) is 13.6. The molecule has 0 saturated heterocycles. The van der Waals surface area contributed by atoms with Crippen molar-refractivity contribution in [3.05, 3.63) is 21.3 Å². The van der Waals surface area contributed by atoms with Gasteiger partial charge in [-0.15, -0.1) is 22.2 Å². The smallest absolute Gasteiger partial charge is 0.673 e. The van der Waals surface area contributed by atoms with E-state index in [4.69, 9.17) is 30.9 Å². The van der Waals surface area contributed by atoms with Gasteiger partial charge in [-0.1, -0.05) is 148 Å². The summed E-state index contributed by atoms with van der Waals surface area (Å²) in [5, 5.41) is 19.5. The Morgan fingerprint density at radius 3 is 0.865 bits per heavy atom. The Labute approximate surface area is 246 Å². The largest absolute Gasteiger partial charge is 6.00 e. The zero-order valence-electron chi connectivity index (χ0n) is 27.3. The minimum atomic E-state index is 0. The second kappa shape index (κ2) is 22.6. The molecule has 7 heteroatoms. The van der Waals surface area contributed by atoms with Crippen LogP contribution in [0.1, 0.15) is 136 Å². The third-order valence-electron chi connectivity index (χ3n) is 6.04. The molecule has 0 aromatic rings. The summed E-state index contributed by atoms with van der Waals surface area (Å²) in [6, 6.07) is 0. The molecule has 222 valence electrons. The van der Waals surface area contributed by atoms with Gasteiger partial charge in [0.2, 0.25) is 0 Å². The molecule has 0 rings (SSSR count). The fraction of sp³-hybridized carbons (Fsp3) is 0.933. The molecule has 37 heavy (non-hydrogen) atoms. The van der Waals surface area contributed by atoms with Gasteiger partial charge >= 0.3 is 19.5 Å². The molecule has 0 spiro atoms. The summed E-state index contributed by atoms with van der Waals surface area (Å²) in [6.45, 7) is 41.5. The van der Waals surface area contributed by atoms with E-state index in [0.29, 0.717) is 11.8 Å². The minimum Gasteiger partial charge on any atom is -0.673 e. The van der Waals surface area contributed by atoms with Gasteiger partial charge in [0.15, 0.2) is 0 Å². The fourth-order valence-corrected chi connectivity index (χ4v) is 2.68. The standard InChI is InChI=1S/2C14H30N2.2CHO.Ru/c2*1-9-11(3)12(15-13(4,5)6)16-14(7,8)10-2;2*1-2;/h2*11-12H,9-10H2,1-8H3;2*1H;/q2*-2;2*-1;+6. The molecule has 0 amide bonds. The Bertz CT molecular complexity index is 471. The van der Waals surface area contributed by atoms with E-state index in [0.717, 1.165) is 25.7 Å². The molecule has 4 atom stereocenters. The molecule has 0 aliphatic carbocycles. The van der Waals surface area contributed by atoms with E-state index in [-0.39, 0.29) is 54.0 Å². The van der Waals surface area contributed by atoms with Crippen LogP contribution in [0.3, 0.4) is 0 Å². The van der Waals surface area contributed by atoms with Crippen molar-refractivity contribution in [2.75, 3.05) is 0 Å². The molecule has 6 nitrogen and oxygen atoms in total. The second-order valence-corrected chi connectivity index (χ2v) is 12.8. The Morgan fingerprint density at radius 2 is 0.730 bits per heavy atom. The van der Waals surface area contributed by atoms with Crippen molar-refractivity contribution in [1.82, 2.24) is 0 Å². The Hall–Kier alpha value is -0.197. The monoisotopic (exact) mass is 612 g/mol. The molecule has 0 fully saturated rings. The summed E-state index contributed by atoms with van der Waals surface area (Å²) in [5.41, 5.74) is 0.0918. The summed E-state index contributed by atoms with van der Waals surface area (Å²) in [4.78, 5) is 15.5. The van der Waals surface area contributed by atoms with E-state index in [1.54, 1.807) is 0 Å². The number of carbonyl (C=O) groups excluding carboxylic acids is 2. The Balaban J connectivity index is -0.000000158. The number of nitrogens with zero attached hydrogens (tertiary/aromatic N) is 4. The van der Waals surface area contributed by atoms with Crippen molar-refractivity contribution in [3.63, 3.8) is 0 Å². The van der Waals surface area contributed by atoms with Crippen LogP contribution >= 0.6 is 0 Å². The van der Waals surface area contributed by atoms with Gasteiger partial charge in [-0.05, 0) is 0 Å². The molecule has 0 radical (unpaired) electrons. The SMILES string of the molecule is CCC(C)C([N-]C(C)(C)C)[N-]C(C)(C)CC.CCC(C)C([N-]C(C)(C)C)[N-]C(C)(C)CC.[CH-]=O.[CH-]=O.[Ru+6]. The molecule has 0 N–H and O–H groups in total. The van der Waals surface area contributed by atoms with Gasteiger partial charge in [0.05, 0.1) is 0 Å². The van der Waals surface area contributed by atoms with E-state index in [1.807, 2.05) is 0 Å². The second-order valence-electron chi connectivity index (χ2n) is 12.8. The van der Waals surface area contributed by atoms with Crippen LogP contribution in [0.25, 0.3) is 21.3 Å². The van der Waals surface area contributed by atoms with Crippen LogP contribution in [0.5, 0.6) is 0 Å². The average Bonchev–Trinajstić information content (AvgIpc) is 2.78. The third kappa shape index (κ3) is 28.6. The van der Waals surface area contributed by atoms with Crippen LogP contribution in [0.4, 0.5) is 0 Å². The molecule has 0 aromatic heterocycles. The first-order chi connectivity index (χ1) is 16.2. The maximum Gasteiger partial charge on any atom is 6.00 e. The van der Waals surface area contributed by atoms with Crippen molar-refractivity contribution in [2.45, 2.75) is 171 Å². The molecule has 0 saturated carbocycles. The maximum absolute atomic E-state index is 7.75. The number of hydrogen-bond acceptors (Lipinski definition) is 2. The Morgan fingerprint density at radius 1 is 0.514 bits per heavy atom.